The van der Waals surface area contributed by atoms with E-state index >= 15 is 0 Å². The number of aromatic hydroxyl groups is 2. The standard InChI is InChI=1S/C11H14O2/c1-11(2)4-3-7-5-9(12)10(13)6-8(7)11/h5-6,12-13H,3-4H2,1-2H3. The Kier molecular flexibility index (Phi) is 1.56. The SMILES string of the molecule is CC1(C)CCc2cc(O)c(O)cc21. The molecule has 0 fully saturated rings. The molecule has 0 heterocycles. The maximum absolute atomic E-state index is 9.37. The van der Waals surface area contributed by atoms with E-state index in [9.17, 15) is 10.2 Å². The lowest BCUT2D eigenvalue weighted by Gasteiger charge is -2.18. The van der Waals surface area contributed by atoms with Gasteiger partial charge in [0.05, 0.1) is 0 Å². The summed E-state index contributed by atoms with van der Waals surface area (Å²) in [6, 6.07) is 3.37. The molecular formula is C11H14O2. The highest BCUT2D eigenvalue weighted by Gasteiger charge is 2.30. The number of aryl methyl sites for hydroxylation is 1. The second kappa shape index (κ2) is 2.41. The van der Waals surface area contributed by atoms with Crippen molar-refractivity contribution in [3.05, 3.63) is 23.3 Å². The molecule has 13 heavy (non-hydrogen) atoms. The number of rotatable bonds is 0. The highest BCUT2D eigenvalue weighted by Crippen LogP contribution is 2.42. The molecule has 0 bridgehead atoms. The summed E-state index contributed by atoms with van der Waals surface area (Å²) in [5.74, 6) is -0.00910. The van der Waals surface area contributed by atoms with E-state index in [0.717, 1.165) is 12.8 Å². The zero-order valence-corrected chi connectivity index (χ0v) is 7.96. The van der Waals surface area contributed by atoms with Crippen LogP contribution in [-0.4, -0.2) is 10.2 Å². The van der Waals surface area contributed by atoms with Gasteiger partial charge in [0.15, 0.2) is 11.5 Å². The van der Waals surface area contributed by atoms with Crippen LogP contribution in [0.4, 0.5) is 0 Å². The molecule has 0 saturated heterocycles. The molecule has 0 unspecified atom stereocenters. The first-order valence-electron chi connectivity index (χ1n) is 4.56. The summed E-state index contributed by atoms with van der Waals surface area (Å²) < 4.78 is 0. The van der Waals surface area contributed by atoms with Gasteiger partial charge in [-0.25, -0.2) is 0 Å². The predicted molar refractivity (Wildman–Crippen MR) is 51.1 cm³/mol. The molecular weight excluding hydrogens is 164 g/mol. The monoisotopic (exact) mass is 178 g/mol. The van der Waals surface area contributed by atoms with Gasteiger partial charge in [-0.3, -0.25) is 0 Å². The molecule has 2 rings (SSSR count). The van der Waals surface area contributed by atoms with Crippen molar-refractivity contribution in [2.75, 3.05) is 0 Å². The molecule has 0 amide bonds. The van der Waals surface area contributed by atoms with Crippen molar-refractivity contribution in [2.45, 2.75) is 32.1 Å². The van der Waals surface area contributed by atoms with Gasteiger partial charge >= 0.3 is 0 Å². The molecule has 0 aliphatic heterocycles. The summed E-state index contributed by atoms with van der Waals surface area (Å²) in [7, 11) is 0. The zero-order valence-electron chi connectivity index (χ0n) is 7.96. The quantitative estimate of drug-likeness (QED) is 0.598. The van der Waals surface area contributed by atoms with Crippen LogP contribution in [0, 0.1) is 0 Å². The molecule has 0 atom stereocenters. The van der Waals surface area contributed by atoms with Gasteiger partial charge in [-0.2, -0.15) is 0 Å². The molecule has 0 spiro atoms. The molecule has 0 radical (unpaired) electrons. The number of hydrogen-bond donors (Lipinski definition) is 2. The minimum Gasteiger partial charge on any atom is -0.504 e. The number of phenols is 2. The summed E-state index contributed by atoms with van der Waals surface area (Å²) in [4.78, 5) is 0. The topological polar surface area (TPSA) is 40.5 Å². The Morgan fingerprint density at radius 1 is 1.15 bits per heavy atom. The molecule has 70 valence electrons. The fraction of sp³-hybridized carbons (Fsp3) is 0.455. The lowest BCUT2D eigenvalue weighted by atomic mass is 9.86. The third kappa shape index (κ3) is 1.17. The summed E-state index contributed by atoms with van der Waals surface area (Å²) in [6.07, 6.45) is 2.08. The maximum Gasteiger partial charge on any atom is 0.157 e. The Hall–Kier alpha value is -1.18. The third-order valence-electron chi connectivity index (χ3n) is 2.95. The van der Waals surface area contributed by atoms with Crippen LogP contribution in [0.5, 0.6) is 11.5 Å². The second-order valence-corrected chi connectivity index (χ2v) is 4.38. The first-order chi connectivity index (χ1) is 6.00. The zero-order chi connectivity index (χ0) is 9.64. The van der Waals surface area contributed by atoms with Crippen molar-refractivity contribution in [2.24, 2.45) is 0 Å². The van der Waals surface area contributed by atoms with E-state index < -0.39 is 0 Å². The van der Waals surface area contributed by atoms with Crippen LogP contribution in [0.2, 0.25) is 0 Å². The lowest BCUT2D eigenvalue weighted by molar-refractivity contribution is 0.401. The maximum atomic E-state index is 9.37. The second-order valence-electron chi connectivity index (χ2n) is 4.38. The van der Waals surface area contributed by atoms with Crippen molar-refractivity contribution in [1.82, 2.24) is 0 Å². The number of benzene rings is 1. The van der Waals surface area contributed by atoms with Crippen LogP contribution in [0.3, 0.4) is 0 Å². The molecule has 0 saturated carbocycles. The van der Waals surface area contributed by atoms with Crippen molar-refractivity contribution < 1.29 is 10.2 Å². The van der Waals surface area contributed by atoms with E-state index in [1.807, 2.05) is 0 Å². The Morgan fingerprint density at radius 2 is 1.77 bits per heavy atom. The Morgan fingerprint density at radius 3 is 2.46 bits per heavy atom. The Labute approximate surface area is 77.8 Å². The van der Waals surface area contributed by atoms with E-state index in [1.165, 1.54) is 11.1 Å². The summed E-state index contributed by atoms with van der Waals surface area (Å²) in [5.41, 5.74) is 2.48. The molecule has 2 N–H and O–H groups in total. The number of phenolic OH excluding ortho intramolecular Hbond substituents is 2. The van der Waals surface area contributed by atoms with E-state index in [0.29, 0.717) is 0 Å². The van der Waals surface area contributed by atoms with Crippen LogP contribution < -0.4 is 0 Å². The van der Waals surface area contributed by atoms with Crippen molar-refractivity contribution in [3.63, 3.8) is 0 Å². The van der Waals surface area contributed by atoms with Crippen molar-refractivity contribution >= 4 is 0 Å². The highest BCUT2D eigenvalue weighted by atomic mass is 16.3. The van der Waals surface area contributed by atoms with Crippen LogP contribution in [0.15, 0.2) is 12.1 Å². The first kappa shape index (κ1) is 8.42. The lowest BCUT2D eigenvalue weighted by Crippen LogP contribution is -2.11. The number of fused-ring (bicyclic) bond motifs is 1. The molecule has 1 aromatic rings. The van der Waals surface area contributed by atoms with Gasteiger partial charge in [-0.15, -0.1) is 0 Å². The number of hydrogen-bond acceptors (Lipinski definition) is 2. The highest BCUT2D eigenvalue weighted by molar-refractivity contribution is 5.50. The van der Waals surface area contributed by atoms with Crippen LogP contribution in [-0.2, 0) is 11.8 Å². The summed E-state index contributed by atoms with van der Waals surface area (Å²) >= 11 is 0. The Balaban J connectivity index is 2.61. The minimum absolute atomic E-state index is 0.00329. The minimum atomic E-state index is -0.00581. The van der Waals surface area contributed by atoms with E-state index in [2.05, 4.69) is 13.8 Å². The average Bonchev–Trinajstić information content (AvgIpc) is 2.31. The molecule has 1 aromatic carbocycles. The van der Waals surface area contributed by atoms with Gasteiger partial charge in [-0.1, -0.05) is 13.8 Å². The molecule has 1 aliphatic rings. The van der Waals surface area contributed by atoms with Crippen molar-refractivity contribution in [1.29, 1.82) is 0 Å². The van der Waals surface area contributed by atoms with E-state index in [-0.39, 0.29) is 16.9 Å². The average molecular weight is 178 g/mol. The van der Waals surface area contributed by atoms with E-state index in [4.69, 9.17) is 0 Å². The van der Waals surface area contributed by atoms with Gasteiger partial charge < -0.3 is 10.2 Å². The normalized spacial score (nSPS) is 18.6. The van der Waals surface area contributed by atoms with Gasteiger partial charge in [-0.05, 0) is 41.5 Å². The van der Waals surface area contributed by atoms with Gasteiger partial charge in [0.25, 0.3) is 0 Å². The fourth-order valence-electron chi connectivity index (χ4n) is 2.04. The van der Waals surface area contributed by atoms with Crippen LogP contribution in [0.1, 0.15) is 31.4 Å². The molecule has 2 nitrogen and oxygen atoms in total. The molecule has 1 aliphatic carbocycles. The Bertz CT molecular complexity index is 353. The largest absolute Gasteiger partial charge is 0.504 e. The smallest absolute Gasteiger partial charge is 0.157 e. The van der Waals surface area contributed by atoms with Crippen LogP contribution in [0.25, 0.3) is 0 Å². The third-order valence-corrected chi connectivity index (χ3v) is 2.95. The summed E-state index contributed by atoms with van der Waals surface area (Å²) in [5, 5.41) is 18.7. The first-order valence-corrected chi connectivity index (χ1v) is 4.56. The van der Waals surface area contributed by atoms with E-state index in [1.54, 1.807) is 12.1 Å². The van der Waals surface area contributed by atoms with Crippen molar-refractivity contribution in [3.8, 4) is 11.5 Å². The van der Waals surface area contributed by atoms with Gasteiger partial charge in [0.1, 0.15) is 0 Å². The van der Waals surface area contributed by atoms with Crippen LogP contribution >= 0.6 is 0 Å². The molecule has 2 heteroatoms. The van der Waals surface area contributed by atoms with Gasteiger partial charge in [0, 0.05) is 0 Å². The van der Waals surface area contributed by atoms with Gasteiger partial charge in [0.2, 0.25) is 0 Å². The molecule has 0 aromatic heterocycles. The fourth-order valence-corrected chi connectivity index (χ4v) is 2.04. The predicted octanol–water partition coefficient (Wildman–Crippen LogP) is 2.32. The summed E-state index contributed by atoms with van der Waals surface area (Å²) in [6.45, 7) is 4.32.